The third-order valence-corrected chi connectivity index (χ3v) is 2.47. The summed E-state index contributed by atoms with van der Waals surface area (Å²) in [5.41, 5.74) is -0.257. The third-order valence-electron chi connectivity index (χ3n) is 2.47. The summed E-state index contributed by atoms with van der Waals surface area (Å²) in [5, 5.41) is 8.67. The smallest absolute Gasteiger partial charge is 0.222 e. The van der Waals surface area contributed by atoms with Crippen molar-refractivity contribution in [2.75, 3.05) is 19.7 Å². The average molecular weight is 215 g/mol. The van der Waals surface area contributed by atoms with Crippen LogP contribution in [0.5, 0.6) is 0 Å². The zero-order valence-corrected chi connectivity index (χ0v) is 9.82. The summed E-state index contributed by atoms with van der Waals surface area (Å²) in [4.78, 5) is 13.6. The molecule has 0 bridgehead atoms. The molecule has 1 saturated heterocycles. The fourth-order valence-corrected chi connectivity index (χ4v) is 2.03. The van der Waals surface area contributed by atoms with Crippen LogP contribution in [0.2, 0.25) is 0 Å². The van der Waals surface area contributed by atoms with E-state index in [0.717, 1.165) is 0 Å². The molecule has 1 N–H and O–H groups in total. The molecule has 1 unspecified atom stereocenters. The minimum Gasteiger partial charge on any atom is -0.396 e. The number of nitrogens with zero attached hydrogens (tertiary/aromatic N) is 1. The third kappa shape index (κ3) is 3.80. The average Bonchev–Trinajstić information content (AvgIpc) is 2.10. The lowest BCUT2D eigenvalue weighted by Gasteiger charge is -2.41. The molecule has 0 aromatic rings. The second-order valence-electron chi connectivity index (χ2n) is 4.79. The molecule has 0 aliphatic carbocycles. The zero-order valence-electron chi connectivity index (χ0n) is 9.82. The van der Waals surface area contributed by atoms with E-state index in [1.165, 1.54) is 0 Å². The maximum absolute atomic E-state index is 11.7. The zero-order chi connectivity index (χ0) is 11.5. The Hall–Kier alpha value is -0.610. The van der Waals surface area contributed by atoms with Gasteiger partial charge >= 0.3 is 0 Å². The second-order valence-corrected chi connectivity index (χ2v) is 4.79. The molecule has 0 aromatic carbocycles. The number of carbonyl (C=O) groups excluding carboxylic acids is 1. The van der Waals surface area contributed by atoms with E-state index in [1.807, 2.05) is 25.7 Å². The highest BCUT2D eigenvalue weighted by atomic mass is 16.5. The van der Waals surface area contributed by atoms with Crippen molar-refractivity contribution in [1.82, 2.24) is 4.90 Å². The van der Waals surface area contributed by atoms with E-state index in [2.05, 4.69) is 0 Å². The normalized spacial score (nSPS) is 25.3. The number of carbonyl (C=O) groups is 1. The van der Waals surface area contributed by atoms with Gasteiger partial charge in [0.2, 0.25) is 5.91 Å². The Kier molecular flexibility index (Phi) is 4.11. The minimum atomic E-state index is -0.257. The van der Waals surface area contributed by atoms with Gasteiger partial charge in [-0.2, -0.15) is 0 Å². The summed E-state index contributed by atoms with van der Waals surface area (Å²) in [6, 6.07) is 0. The Labute approximate surface area is 91.2 Å². The van der Waals surface area contributed by atoms with Gasteiger partial charge in [0.15, 0.2) is 0 Å². The molecule has 1 atom stereocenters. The molecule has 1 aliphatic heterocycles. The van der Waals surface area contributed by atoms with Gasteiger partial charge in [-0.05, 0) is 27.2 Å². The Balaban J connectivity index is 2.50. The maximum Gasteiger partial charge on any atom is 0.222 e. The van der Waals surface area contributed by atoms with Crippen LogP contribution < -0.4 is 0 Å². The number of aliphatic hydroxyl groups is 1. The van der Waals surface area contributed by atoms with Gasteiger partial charge in [0.25, 0.3) is 0 Å². The van der Waals surface area contributed by atoms with Crippen LogP contribution in [0.4, 0.5) is 0 Å². The largest absolute Gasteiger partial charge is 0.396 e. The molecule has 0 aromatic heterocycles. The summed E-state index contributed by atoms with van der Waals surface area (Å²) in [5.74, 6) is 0.118. The Bertz CT molecular complexity index is 228. The van der Waals surface area contributed by atoms with Gasteiger partial charge in [0.05, 0.1) is 11.7 Å². The molecule has 1 fully saturated rings. The first-order valence-corrected chi connectivity index (χ1v) is 5.51. The predicted octanol–water partition coefficient (Wildman–Crippen LogP) is 0.785. The van der Waals surface area contributed by atoms with Gasteiger partial charge in [0.1, 0.15) is 0 Å². The van der Waals surface area contributed by atoms with Crippen LogP contribution in [0.25, 0.3) is 0 Å². The monoisotopic (exact) mass is 215 g/mol. The Morgan fingerprint density at radius 3 is 2.80 bits per heavy atom. The molecule has 0 radical (unpaired) electrons. The lowest BCUT2D eigenvalue weighted by Crippen LogP contribution is -2.53. The first-order chi connectivity index (χ1) is 6.94. The number of hydrogen-bond acceptors (Lipinski definition) is 3. The molecule has 88 valence electrons. The molecule has 0 saturated carbocycles. The topological polar surface area (TPSA) is 49.8 Å². The van der Waals surface area contributed by atoms with Gasteiger partial charge in [0, 0.05) is 26.1 Å². The lowest BCUT2D eigenvalue weighted by molar-refractivity contribution is -0.158. The highest BCUT2D eigenvalue weighted by molar-refractivity contribution is 5.76. The molecule has 1 rings (SSSR count). The SMILES string of the molecule is CC1CN(C(=O)CCCO)CC(C)(C)O1. The molecule has 0 spiro atoms. The number of rotatable bonds is 3. The minimum absolute atomic E-state index is 0.0784. The van der Waals surface area contributed by atoms with Gasteiger partial charge in [-0.3, -0.25) is 4.79 Å². The molecule has 4 heteroatoms. The van der Waals surface area contributed by atoms with Crippen molar-refractivity contribution in [1.29, 1.82) is 0 Å². The van der Waals surface area contributed by atoms with Crippen LogP contribution in [0, 0.1) is 0 Å². The van der Waals surface area contributed by atoms with Crippen LogP contribution in [0.3, 0.4) is 0 Å². The van der Waals surface area contributed by atoms with Crippen LogP contribution in [0.1, 0.15) is 33.6 Å². The highest BCUT2D eigenvalue weighted by Crippen LogP contribution is 2.21. The van der Waals surface area contributed by atoms with E-state index in [9.17, 15) is 4.79 Å². The van der Waals surface area contributed by atoms with Gasteiger partial charge < -0.3 is 14.7 Å². The second kappa shape index (κ2) is 4.94. The first-order valence-electron chi connectivity index (χ1n) is 5.51. The van der Waals surface area contributed by atoms with Crippen molar-refractivity contribution < 1.29 is 14.6 Å². The van der Waals surface area contributed by atoms with Crippen molar-refractivity contribution >= 4 is 5.91 Å². The lowest BCUT2D eigenvalue weighted by atomic mass is 10.1. The molecular formula is C11H21NO3. The standard InChI is InChI=1S/C11H21NO3/c1-9-7-12(8-11(2,3)15-9)10(14)5-4-6-13/h9,13H,4-8H2,1-3H3. The van der Waals surface area contributed by atoms with Crippen molar-refractivity contribution in [2.45, 2.75) is 45.3 Å². The fraction of sp³-hybridized carbons (Fsp3) is 0.909. The predicted molar refractivity (Wildman–Crippen MR) is 57.5 cm³/mol. The summed E-state index contributed by atoms with van der Waals surface area (Å²) in [6.07, 6.45) is 1.07. The van der Waals surface area contributed by atoms with Crippen LogP contribution >= 0.6 is 0 Å². The number of aliphatic hydroxyl groups excluding tert-OH is 1. The number of ether oxygens (including phenoxy) is 1. The number of amides is 1. The van der Waals surface area contributed by atoms with E-state index in [0.29, 0.717) is 25.9 Å². The molecule has 4 nitrogen and oxygen atoms in total. The van der Waals surface area contributed by atoms with Crippen LogP contribution in [-0.4, -0.2) is 47.3 Å². The van der Waals surface area contributed by atoms with Gasteiger partial charge in [-0.25, -0.2) is 0 Å². The van der Waals surface area contributed by atoms with E-state index in [-0.39, 0.29) is 24.2 Å². The van der Waals surface area contributed by atoms with Crippen LogP contribution in [-0.2, 0) is 9.53 Å². The van der Waals surface area contributed by atoms with E-state index < -0.39 is 0 Å². The summed E-state index contributed by atoms with van der Waals surface area (Å²) in [6.45, 7) is 7.35. The Morgan fingerprint density at radius 1 is 1.60 bits per heavy atom. The quantitative estimate of drug-likeness (QED) is 0.757. The molecule has 1 aliphatic rings. The van der Waals surface area contributed by atoms with Gasteiger partial charge in [-0.1, -0.05) is 0 Å². The van der Waals surface area contributed by atoms with E-state index in [1.54, 1.807) is 0 Å². The van der Waals surface area contributed by atoms with Crippen LogP contribution in [0.15, 0.2) is 0 Å². The molecule has 1 heterocycles. The maximum atomic E-state index is 11.7. The molecular weight excluding hydrogens is 194 g/mol. The summed E-state index contributed by atoms with van der Waals surface area (Å²) < 4.78 is 5.72. The molecule has 15 heavy (non-hydrogen) atoms. The Morgan fingerprint density at radius 2 is 2.27 bits per heavy atom. The van der Waals surface area contributed by atoms with Gasteiger partial charge in [-0.15, -0.1) is 0 Å². The van der Waals surface area contributed by atoms with Crippen molar-refractivity contribution in [3.05, 3.63) is 0 Å². The fourth-order valence-electron chi connectivity index (χ4n) is 2.03. The number of morpholine rings is 1. The van der Waals surface area contributed by atoms with E-state index >= 15 is 0 Å². The van der Waals surface area contributed by atoms with Crippen molar-refractivity contribution in [3.63, 3.8) is 0 Å². The van der Waals surface area contributed by atoms with Crippen molar-refractivity contribution in [2.24, 2.45) is 0 Å². The summed E-state index contributed by atoms with van der Waals surface area (Å²) >= 11 is 0. The first kappa shape index (κ1) is 12.5. The summed E-state index contributed by atoms with van der Waals surface area (Å²) in [7, 11) is 0. The van der Waals surface area contributed by atoms with Crippen molar-refractivity contribution in [3.8, 4) is 0 Å². The molecule has 1 amide bonds. The highest BCUT2D eigenvalue weighted by Gasteiger charge is 2.33. The number of hydrogen-bond donors (Lipinski definition) is 1. The van der Waals surface area contributed by atoms with E-state index in [4.69, 9.17) is 9.84 Å².